The van der Waals surface area contributed by atoms with E-state index in [1.807, 2.05) is 25.1 Å². The number of piperidine rings is 1. The van der Waals surface area contributed by atoms with Gasteiger partial charge in [-0.2, -0.15) is 0 Å². The van der Waals surface area contributed by atoms with Crippen LogP contribution in [-0.4, -0.2) is 30.6 Å². The Labute approximate surface area is 139 Å². The van der Waals surface area contributed by atoms with Crippen LogP contribution >= 0.6 is 27.5 Å². The van der Waals surface area contributed by atoms with Crippen LogP contribution in [0.1, 0.15) is 44.2 Å². The van der Waals surface area contributed by atoms with Crippen molar-refractivity contribution in [2.75, 3.05) is 19.7 Å². The quantitative estimate of drug-likeness (QED) is 0.706. The average Bonchev–Trinajstić information content (AvgIpc) is 2.47. The maximum atomic E-state index is 11.9. The Bertz CT molecular complexity index is 489. The van der Waals surface area contributed by atoms with Crippen molar-refractivity contribution in [3.63, 3.8) is 0 Å². The molecule has 0 amide bonds. The largest absolute Gasteiger partial charge is 0.466 e. The first kappa shape index (κ1) is 16.8. The van der Waals surface area contributed by atoms with E-state index in [-0.39, 0.29) is 12.0 Å². The number of rotatable bonds is 5. The fraction of sp³-hybridized carbons (Fsp3) is 0.562. The van der Waals surface area contributed by atoms with E-state index in [0.29, 0.717) is 18.1 Å². The summed E-state index contributed by atoms with van der Waals surface area (Å²) in [6, 6.07) is 5.87. The lowest BCUT2D eigenvalue weighted by Crippen LogP contribution is -2.35. The van der Waals surface area contributed by atoms with E-state index in [9.17, 15) is 4.79 Å². The highest BCUT2D eigenvalue weighted by molar-refractivity contribution is 9.10. The average molecular weight is 375 g/mol. The van der Waals surface area contributed by atoms with Crippen molar-refractivity contribution in [3.8, 4) is 0 Å². The van der Waals surface area contributed by atoms with Crippen molar-refractivity contribution in [3.05, 3.63) is 33.3 Å². The molecule has 1 fully saturated rings. The molecule has 0 radical (unpaired) electrons. The van der Waals surface area contributed by atoms with Crippen molar-refractivity contribution in [2.24, 2.45) is 0 Å². The third-order valence-corrected chi connectivity index (χ3v) is 4.64. The van der Waals surface area contributed by atoms with E-state index >= 15 is 0 Å². The zero-order valence-corrected chi connectivity index (χ0v) is 14.6. The van der Waals surface area contributed by atoms with Gasteiger partial charge in [0.1, 0.15) is 0 Å². The van der Waals surface area contributed by atoms with Gasteiger partial charge in [-0.1, -0.05) is 40.0 Å². The smallest absolute Gasteiger partial charge is 0.307 e. The fourth-order valence-electron chi connectivity index (χ4n) is 2.82. The number of hydrogen-bond acceptors (Lipinski definition) is 3. The van der Waals surface area contributed by atoms with Gasteiger partial charge in [-0.05, 0) is 50.6 Å². The summed E-state index contributed by atoms with van der Waals surface area (Å²) in [7, 11) is 0. The molecule has 21 heavy (non-hydrogen) atoms. The minimum atomic E-state index is -0.160. The second kappa shape index (κ2) is 8.16. The van der Waals surface area contributed by atoms with Gasteiger partial charge in [0.05, 0.1) is 13.0 Å². The van der Waals surface area contributed by atoms with Crippen LogP contribution < -0.4 is 0 Å². The summed E-state index contributed by atoms with van der Waals surface area (Å²) in [4.78, 5) is 14.3. The molecule has 1 unspecified atom stereocenters. The topological polar surface area (TPSA) is 29.5 Å². The number of benzene rings is 1. The molecule has 0 spiro atoms. The van der Waals surface area contributed by atoms with Gasteiger partial charge in [-0.25, -0.2) is 0 Å². The van der Waals surface area contributed by atoms with Crippen molar-refractivity contribution in [1.82, 2.24) is 4.90 Å². The van der Waals surface area contributed by atoms with Gasteiger partial charge < -0.3 is 4.74 Å². The Kier molecular flexibility index (Phi) is 6.52. The number of nitrogens with zero attached hydrogens (tertiary/aromatic N) is 1. The first-order valence-electron chi connectivity index (χ1n) is 7.46. The Balaban J connectivity index is 2.23. The van der Waals surface area contributed by atoms with Gasteiger partial charge in [0, 0.05) is 15.5 Å². The molecule has 2 rings (SSSR count). The number of halogens is 2. The van der Waals surface area contributed by atoms with Gasteiger partial charge >= 0.3 is 5.97 Å². The number of carbonyl (C=O) groups excluding carboxylic acids is 1. The number of hydrogen-bond donors (Lipinski definition) is 0. The molecule has 1 aliphatic rings. The molecule has 1 aromatic carbocycles. The third kappa shape index (κ3) is 4.70. The number of carbonyl (C=O) groups is 1. The second-order valence-corrected chi connectivity index (χ2v) is 6.61. The lowest BCUT2D eigenvalue weighted by molar-refractivity contribution is -0.144. The summed E-state index contributed by atoms with van der Waals surface area (Å²) < 4.78 is 6.08. The Morgan fingerprint density at radius 2 is 2.10 bits per heavy atom. The van der Waals surface area contributed by atoms with E-state index in [0.717, 1.165) is 23.1 Å². The predicted molar refractivity (Wildman–Crippen MR) is 88.6 cm³/mol. The summed E-state index contributed by atoms with van der Waals surface area (Å²) in [5.41, 5.74) is 1.01. The van der Waals surface area contributed by atoms with Crippen LogP contribution in [0.15, 0.2) is 22.7 Å². The van der Waals surface area contributed by atoms with Crippen LogP contribution in [-0.2, 0) is 9.53 Å². The lowest BCUT2D eigenvalue weighted by Gasteiger charge is -2.34. The molecular formula is C16H21BrClNO2. The molecule has 0 N–H and O–H groups in total. The van der Waals surface area contributed by atoms with Crippen molar-refractivity contribution >= 4 is 33.5 Å². The molecule has 1 heterocycles. The minimum absolute atomic E-state index is 0.00458. The molecular weight excluding hydrogens is 354 g/mol. The molecule has 0 aliphatic carbocycles. The van der Waals surface area contributed by atoms with Gasteiger partial charge in [-0.15, -0.1) is 0 Å². The maximum Gasteiger partial charge on any atom is 0.307 e. The first-order chi connectivity index (χ1) is 10.1. The number of esters is 1. The van der Waals surface area contributed by atoms with E-state index < -0.39 is 0 Å². The molecule has 1 saturated heterocycles. The minimum Gasteiger partial charge on any atom is -0.466 e. The van der Waals surface area contributed by atoms with E-state index in [4.69, 9.17) is 16.3 Å². The van der Waals surface area contributed by atoms with Crippen LogP contribution in [0.2, 0.25) is 5.02 Å². The zero-order chi connectivity index (χ0) is 15.2. The van der Waals surface area contributed by atoms with Crippen LogP contribution in [0.3, 0.4) is 0 Å². The van der Waals surface area contributed by atoms with Crippen molar-refractivity contribution in [1.29, 1.82) is 0 Å². The Morgan fingerprint density at radius 1 is 1.38 bits per heavy atom. The molecule has 0 bridgehead atoms. The molecule has 0 aromatic heterocycles. The molecule has 116 valence electrons. The highest BCUT2D eigenvalue weighted by Crippen LogP contribution is 2.34. The highest BCUT2D eigenvalue weighted by atomic mass is 79.9. The van der Waals surface area contributed by atoms with Crippen molar-refractivity contribution < 1.29 is 9.53 Å². The summed E-state index contributed by atoms with van der Waals surface area (Å²) in [6.45, 7) is 4.27. The molecule has 1 aliphatic heterocycles. The van der Waals surface area contributed by atoms with Crippen molar-refractivity contribution in [2.45, 2.75) is 38.6 Å². The standard InChI is InChI=1S/C16H21BrClNO2/c1-2-21-16(20)11-15(19-8-4-3-5-9-19)13-7-6-12(17)10-14(13)18/h6-7,10,15H,2-5,8-9,11H2,1H3. The van der Waals surface area contributed by atoms with Gasteiger partial charge in [0.15, 0.2) is 0 Å². The normalized spacial score (nSPS) is 17.5. The molecule has 1 aromatic rings. The van der Waals surface area contributed by atoms with Gasteiger partial charge in [0.25, 0.3) is 0 Å². The molecule has 0 saturated carbocycles. The summed E-state index contributed by atoms with van der Waals surface area (Å²) in [5, 5.41) is 0.698. The van der Waals surface area contributed by atoms with Gasteiger partial charge in [0.2, 0.25) is 0 Å². The Morgan fingerprint density at radius 3 is 2.71 bits per heavy atom. The summed E-state index contributed by atoms with van der Waals surface area (Å²) in [6.07, 6.45) is 3.97. The number of likely N-dealkylation sites (tertiary alicyclic amines) is 1. The molecule has 3 nitrogen and oxygen atoms in total. The van der Waals surface area contributed by atoms with Crippen LogP contribution in [0.5, 0.6) is 0 Å². The van der Waals surface area contributed by atoms with Crippen LogP contribution in [0, 0.1) is 0 Å². The monoisotopic (exact) mass is 373 g/mol. The predicted octanol–water partition coefficient (Wildman–Crippen LogP) is 4.58. The molecule has 1 atom stereocenters. The third-order valence-electron chi connectivity index (χ3n) is 3.82. The SMILES string of the molecule is CCOC(=O)CC(c1ccc(Br)cc1Cl)N1CCCCC1. The first-order valence-corrected chi connectivity index (χ1v) is 8.63. The van der Waals surface area contributed by atoms with Crippen LogP contribution in [0.25, 0.3) is 0 Å². The summed E-state index contributed by atoms with van der Waals surface area (Å²) in [5.74, 6) is -0.160. The zero-order valence-electron chi connectivity index (χ0n) is 12.3. The lowest BCUT2D eigenvalue weighted by atomic mass is 9.99. The van der Waals surface area contributed by atoms with Crippen LogP contribution in [0.4, 0.5) is 0 Å². The molecule has 5 heteroatoms. The van der Waals surface area contributed by atoms with E-state index in [1.54, 1.807) is 0 Å². The second-order valence-electron chi connectivity index (χ2n) is 5.29. The maximum absolute atomic E-state index is 11.9. The summed E-state index contributed by atoms with van der Waals surface area (Å²) >= 11 is 9.82. The Hall–Kier alpha value is -0.580. The van der Waals surface area contributed by atoms with E-state index in [2.05, 4.69) is 20.8 Å². The highest BCUT2D eigenvalue weighted by Gasteiger charge is 2.27. The number of ether oxygens (including phenoxy) is 1. The fourth-order valence-corrected chi connectivity index (χ4v) is 3.61. The van der Waals surface area contributed by atoms with Gasteiger partial charge in [-0.3, -0.25) is 9.69 Å². The van der Waals surface area contributed by atoms with E-state index in [1.165, 1.54) is 19.3 Å².